The molecule has 6 nitrogen and oxygen atoms in total. The normalized spacial score (nSPS) is 15.6. The molecular formula is C23H17F4N3O3. The number of carbonyl (C=O) groups excluding carboxylic acids is 1. The van der Waals surface area contributed by atoms with Crippen molar-refractivity contribution in [1.29, 1.82) is 0 Å². The molecular weight excluding hydrogens is 442 g/mol. The van der Waals surface area contributed by atoms with Gasteiger partial charge in [0, 0.05) is 35.0 Å². The number of likely N-dealkylation sites (N-methyl/N-ethyl adjacent to an activating group) is 1. The fraction of sp³-hybridized carbons (Fsp3) is 0.217. The lowest BCUT2D eigenvalue weighted by Crippen LogP contribution is -2.37. The monoisotopic (exact) mass is 459 g/mol. The van der Waals surface area contributed by atoms with Crippen molar-refractivity contribution in [3.05, 3.63) is 70.6 Å². The van der Waals surface area contributed by atoms with Crippen molar-refractivity contribution >= 4 is 27.6 Å². The number of methoxy groups -OCH3 is 1. The molecule has 1 aliphatic rings. The van der Waals surface area contributed by atoms with E-state index in [1.54, 1.807) is 0 Å². The highest BCUT2D eigenvalue weighted by molar-refractivity contribution is 5.99. The molecule has 1 aliphatic heterocycles. The molecule has 5 rings (SSSR count). The Labute approximate surface area is 184 Å². The Morgan fingerprint density at radius 1 is 1.06 bits per heavy atom. The van der Waals surface area contributed by atoms with Gasteiger partial charge in [-0.3, -0.25) is 4.79 Å². The third-order valence-corrected chi connectivity index (χ3v) is 5.85. The molecule has 170 valence electrons. The molecule has 0 radical (unpaired) electrons. The van der Waals surface area contributed by atoms with Crippen molar-refractivity contribution in [3.8, 4) is 5.88 Å². The maximum Gasteiger partial charge on any atom is 0.270 e. The number of aromatic amines is 1. The van der Waals surface area contributed by atoms with Crippen LogP contribution < -0.4 is 4.74 Å². The Morgan fingerprint density at radius 2 is 1.73 bits per heavy atom. The van der Waals surface area contributed by atoms with Gasteiger partial charge in [-0.05, 0) is 29.7 Å². The lowest BCUT2D eigenvalue weighted by atomic mass is 9.95. The first kappa shape index (κ1) is 21.2. The van der Waals surface area contributed by atoms with E-state index in [2.05, 4.69) is 9.97 Å². The number of benzene rings is 2. The SMILES string of the molecule is COc1nc2c(c3cc(F)c(F)cc13)[C@@H](N(C)C(=O)c1cc3cc(F)c(F)cc3[nH]1)COC2. The maximum absolute atomic E-state index is 14.2. The minimum Gasteiger partial charge on any atom is -0.481 e. The maximum atomic E-state index is 14.2. The number of nitrogens with one attached hydrogen (secondary N) is 1. The summed E-state index contributed by atoms with van der Waals surface area (Å²) >= 11 is 0. The van der Waals surface area contributed by atoms with Crippen LogP contribution in [0.3, 0.4) is 0 Å². The number of hydrogen-bond donors (Lipinski definition) is 1. The molecule has 0 saturated carbocycles. The fourth-order valence-electron chi connectivity index (χ4n) is 4.21. The molecule has 2 aromatic carbocycles. The first-order valence-electron chi connectivity index (χ1n) is 9.96. The Balaban J connectivity index is 1.61. The Kier molecular flexibility index (Phi) is 4.97. The van der Waals surface area contributed by atoms with E-state index in [1.807, 2.05) is 0 Å². The van der Waals surface area contributed by atoms with Crippen LogP contribution >= 0.6 is 0 Å². The van der Waals surface area contributed by atoms with Gasteiger partial charge >= 0.3 is 0 Å². The zero-order valence-electron chi connectivity index (χ0n) is 17.5. The topological polar surface area (TPSA) is 67.5 Å². The van der Waals surface area contributed by atoms with Gasteiger partial charge in [-0.15, -0.1) is 0 Å². The molecule has 0 unspecified atom stereocenters. The Morgan fingerprint density at radius 3 is 2.45 bits per heavy atom. The molecule has 0 bridgehead atoms. The van der Waals surface area contributed by atoms with Crippen molar-refractivity contribution in [2.45, 2.75) is 12.6 Å². The van der Waals surface area contributed by atoms with E-state index in [9.17, 15) is 22.4 Å². The molecule has 10 heteroatoms. The third kappa shape index (κ3) is 3.37. The van der Waals surface area contributed by atoms with Crippen molar-refractivity contribution in [2.75, 3.05) is 20.8 Å². The second-order valence-corrected chi connectivity index (χ2v) is 7.78. The Bertz CT molecular complexity index is 1400. The van der Waals surface area contributed by atoms with Gasteiger partial charge < -0.3 is 19.4 Å². The van der Waals surface area contributed by atoms with Gasteiger partial charge in [0.25, 0.3) is 5.91 Å². The summed E-state index contributed by atoms with van der Waals surface area (Å²) in [6.07, 6.45) is 0. The zero-order valence-corrected chi connectivity index (χ0v) is 17.5. The summed E-state index contributed by atoms with van der Waals surface area (Å²) in [5.41, 5.74) is 1.31. The molecule has 0 saturated heterocycles. The van der Waals surface area contributed by atoms with Crippen LogP contribution in [0.4, 0.5) is 17.6 Å². The highest BCUT2D eigenvalue weighted by Gasteiger charge is 2.33. The van der Waals surface area contributed by atoms with E-state index < -0.39 is 35.2 Å². The van der Waals surface area contributed by atoms with Crippen LogP contribution in [0.5, 0.6) is 5.88 Å². The summed E-state index contributed by atoms with van der Waals surface area (Å²) in [5, 5.41) is 0.948. The molecule has 4 aromatic rings. The van der Waals surface area contributed by atoms with Gasteiger partial charge in [-0.1, -0.05) is 0 Å². The highest BCUT2D eigenvalue weighted by atomic mass is 19.2. The minimum atomic E-state index is -1.05. The molecule has 0 fully saturated rings. The van der Waals surface area contributed by atoms with E-state index in [4.69, 9.17) is 9.47 Å². The summed E-state index contributed by atoms with van der Waals surface area (Å²) < 4.78 is 66.1. The average Bonchev–Trinajstić information content (AvgIpc) is 3.20. The number of rotatable bonds is 3. The predicted octanol–water partition coefficient (Wildman–Crippen LogP) is 4.62. The quantitative estimate of drug-likeness (QED) is 0.454. The lowest BCUT2D eigenvalue weighted by molar-refractivity contribution is 0.0332. The molecule has 3 heterocycles. The van der Waals surface area contributed by atoms with Crippen molar-refractivity contribution in [3.63, 3.8) is 0 Å². The van der Waals surface area contributed by atoms with Gasteiger partial charge in [0.05, 0.1) is 32.1 Å². The number of nitrogens with zero attached hydrogens (tertiary/aromatic N) is 2. The van der Waals surface area contributed by atoms with Gasteiger partial charge in [0.1, 0.15) is 5.69 Å². The molecule has 1 atom stereocenters. The van der Waals surface area contributed by atoms with Crippen LogP contribution in [0.15, 0.2) is 30.3 Å². The highest BCUT2D eigenvalue weighted by Crippen LogP contribution is 2.39. The van der Waals surface area contributed by atoms with Crippen LogP contribution in [0.25, 0.3) is 21.7 Å². The average molecular weight is 459 g/mol. The minimum absolute atomic E-state index is 0.0842. The molecule has 33 heavy (non-hydrogen) atoms. The van der Waals surface area contributed by atoms with Gasteiger partial charge in [-0.2, -0.15) is 0 Å². The number of H-pyrrole nitrogens is 1. The largest absolute Gasteiger partial charge is 0.481 e. The standard InChI is InChI=1S/C23H17F4N3O3/c1-30(23(31)18-4-10-3-13(24)16(27)7-17(10)28-18)20-9-33-8-19-21(20)11-5-14(25)15(26)6-12(11)22(29-19)32-2/h3-7,20,28H,8-9H2,1-2H3/t20-/m0/s1. The lowest BCUT2D eigenvalue weighted by Gasteiger charge is -2.33. The Hall–Kier alpha value is -3.66. The number of amides is 1. The number of halogens is 4. The van der Waals surface area contributed by atoms with Gasteiger partial charge in [-0.25, -0.2) is 22.5 Å². The van der Waals surface area contributed by atoms with Gasteiger partial charge in [0.2, 0.25) is 5.88 Å². The zero-order chi connectivity index (χ0) is 23.4. The van der Waals surface area contributed by atoms with E-state index in [0.717, 1.165) is 24.3 Å². The van der Waals surface area contributed by atoms with E-state index in [-0.39, 0.29) is 35.7 Å². The van der Waals surface area contributed by atoms with Crippen LogP contribution in [0.2, 0.25) is 0 Å². The summed E-state index contributed by atoms with van der Waals surface area (Å²) in [7, 11) is 2.89. The van der Waals surface area contributed by atoms with Crippen molar-refractivity contribution in [1.82, 2.24) is 14.9 Å². The summed E-state index contributed by atoms with van der Waals surface area (Å²) in [5.74, 6) is -4.53. The number of aromatic nitrogens is 2. The number of fused-ring (bicyclic) bond motifs is 4. The number of ether oxygens (including phenoxy) is 2. The van der Waals surface area contributed by atoms with Crippen LogP contribution in [-0.4, -0.2) is 41.5 Å². The smallest absolute Gasteiger partial charge is 0.270 e. The molecule has 0 spiro atoms. The fourth-order valence-corrected chi connectivity index (χ4v) is 4.21. The van der Waals surface area contributed by atoms with E-state index in [0.29, 0.717) is 22.0 Å². The summed E-state index contributed by atoms with van der Waals surface area (Å²) in [6, 6.07) is 4.76. The summed E-state index contributed by atoms with van der Waals surface area (Å²) in [4.78, 5) is 21.8. The first-order chi connectivity index (χ1) is 15.8. The second kappa shape index (κ2) is 7.73. The van der Waals surface area contributed by atoms with E-state index in [1.165, 1.54) is 25.1 Å². The number of hydrogen-bond acceptors (Lipinski definition) is 4. The molecule has 1 N–H and O–H groups in total. The van der Waals surface area contributed by atoms with Crippen molar-refractivity contribution < 1.29 is 31.8 Å². The first-order valence-corrected chi connectivity index (χ1v) is 9.96. The second-order valence-electron chi connectivity index (χ2n) is 7.78. The molecule has 1 amide bonds. The number of pyridine rings is 1. The van der Waals surface area contributed by atoms with Crippen LogP contribution in [0, 0.1) is 23.3 Å². The predicted molar refractivity (Wildman–Crippen MR) is 111 cm³/mol. The van der Waals surface area contributed by atoms with Gasteiger partial charge in [0.15, 0.2) is 23.3 Å². The third-order valence-electron chi connectivity index (χ3n) is 5.85. The molecule has 2 aromatic heterocycles. The number of carbonyl (C=O) groups is 1. The van der Waals surface area contributed by atoms with Crippen LogP contribution in [0.1, 0.15) is 27.8 Å². The van der Waals surface area contributed by atoms with Crippen LogP contribution in [-0.2, 0) is 11.3 Å². The molecule has 0 aliphatic carbocycles. The summed E-state index contributed by atoms with van der Waals surface area (Å²) in [6.45, 7) is 0.185. The van der Waals surface area contributed by atoms with E-state index >= 15 is 0 Å². The van der Waals surface area contributed by atoms with Crippen molar-refractivity contribution in [2.24, 2.45) is 0 Å².